The molecule has 1 saturated heterocycles. The first kappa shape index (κ1) is 16.6. The van der Waals surface area contributed by atoms with Gasteiger partial charge in [0.15, 0.2) is 0 Å². The molecule has 1 amide bonds. The van der Waals surface area contributed by atoms with Gasteiger partial charge in [-0.2, -0.15) is 0 Å². The topological polar surface area (TPSA) is 76.1 Å². The predicted octanol–water partition coefficient (Wildman–Crippen LogP) is 1.02. The Morgan fingerprint density at radius 1 is 1.35 bits per heavy atom. The molecule has 1 heterocycles. The van der Waals surface area contributed by atoms with Gasteiger partial charge in [-0.1, -0.05) is 0 Å². The number of hydrogen-bond donors (Lipinski definition) is 1. The van der Waals surface area contributed by atoms with Crippen LogP contribution in [0.25, 0.3) is 0 Å². The van der Waals surface area contributed by atoms with E-state index in [9.17, 15) is 23.5 Å². The van der Waals surface area contributed by atoms with E-state index in [1.54, 1.807) is 20.8 Å². The maximum atomic E-state index is 13.7. The molecule has 1 fully saturated rings. The molecule has 0 aromatic rings. The highest BCUT2D eigenvalue weighted by Gasteiger charge is 2.53. The van der Waals surface area contributed by atoms with Gasteiger partial charge in [-0.05, 0) is 20.8 Å². The van der Waals surface area contributed by atoms with Gasteiger partial charge in [0.05, 0.1) is 13.7 Å². The number of ether oxygens (including phenoxy) is 2. The van der Waals surface area contributed by atoms with E-state index in [1.165, 1.54) is 0 Å². The average molecular weight is 295 g/mol. The summed E-state index contributed by atoms with van der Waals surface area (Å²) in [5, 5.41) is 9.50. The van der Waals surface area contributed by atoms with Crippen molar-refractivity contribution in [2.24, 2.45) is 5.92 Å². The predicted molar refractivity (Wildman–Crippen MR) is 64.3 cm³/mol. The molecule has 0 aromatic heterocycles. The average Bonchev–Trinajstić information content (AvgIpc) is 2.29. The fraction of sp³-hybridized carbons (Fsp3) is 0.833. The number of alkyl halides is 2. The minimum atomic E-state index is -3.60. The number of rotatable bonds is 1. The third-order valence-electron chi connectivity index (χ3n) is 2.79. The Balaban J connectivity index is 2.90. The van der Waals surface area contributed by atoms with E-state index in [4.69, 9.17) is 4.74 Å². The molecule has 0 bridgehead atoms. The van der Waals surface area contributed by atoms with E-state index in [2.05, 4.69) is 4.74 Å². The summed E-state index contributed by atoms with van der Waals surface area (Å²) >= 11 is 0. The molecule has 0 aromatic carbocycles. The van der Waals surface area contributed by atoms with E-state index in [1.807, 2.05) is 0 Å². The molecule has 0 aliphatic carbocycles. The van der Waals surface area contributed by atoms with Crippen LogP contribution in [-0.2, 0) is 14.3 Å². The van der Waals surface area contributed by atoms with Gasteiger partial charge in [-0.3, -0.25) is 4.79 Å². The lowest BCUT2D eigenvalue weighted by molar-refractivity contribution is -0.189. The van der Waals surface area contributed by atoms with Crippen LogP contribution in [0.1, 0.15) is 20.8 Å². The molecular formula is C12H19F2NO5. The number of halogens is 2. The maximum absolute atomic E-state index is 13.7. The number of carbonyl (C=O) groups excluding carboxylic acids is 2. The quantitative estimate of drug-likeness (QED) is 0.731. The molecule has 2 atom stereocenters. The van der Waals surface area contributed by atoms with Crippen LogP contribution in [-0.4, -0.2) is 59.9 Å². The Morgan fingerprint density at radius 3 is 2.35 bits per heavy atom. The number of hydrogen-bond acceptors (Lipinski definition) is 5. The highest BCUT2D eigenvalue weighted by Crippen LogP contribution is 2.32. The summed E-state index contributed by atoms with van der Waals surface area (Å²) in [4.78, 5) is 23.9. The molecule has 20 heavy (non-hydrogen) atoms. The molecule has 1 rings (SSSR count). The maximum Gasteiger partial charge on any atom is 0.410 e. The summed E-state index contributed by atoms with van der Waals surface area (Å²) in [5.41, 5.74) is -0.844. The minimum absolute atomic E-state index is 0.377. The van der Waals surface area contributed by atoms with Crippen LogP contribution >= 0.6 is 0 Å². The number of piperidine rings is 1. The number of methoxy groups -OCH3 is 1. The van der Waals surface area contributed by atoms with Crippen LogP contribution in [0.4, 0.5) is 13.6 Å². The molecule has 1 aliphatic heterocycles. The number of esters is 1. The van der Waals surface area contributed by atoms with Crippen molar-refractivity contribution in [2.75, 3.05) is 20.2 Å². The van der Waals surface area contributed by atoms with Crippen LogP contribution < -0.4 is 0 Å². The van der Waals surface area contributed by atoms with E-state index >= 15 is 0 Å². The molecule has 116 valence electrons. The Bertz CT molecular complexity index is 394. The van der Waals surface area contributed by atoms with Crippen molar-refractivity contribution in [3.63, 3.8) is 0 Å². The fourth-order valence-corrected chi connectivity index (χ4v) is 1.86. The van der Waals surface area contributed by atoms with Crippen molar-refractivity contribution in [1.29, 1.82) is 0 Å². The van der Waals surface area contributed by atoms with Crippen LogP contribution in [0, 0.1) is 5.92 Å². The normalized spacial score (nSPS) is 26.1. The summed E-state index contributed by atoms with van der Waals surface area (Å²) in [6.45, 7) is 3.41. The molecule has 0 spiro atoms. The van der Waals surface area contributed by atoms with Crippen molar-refractivity contribution in [1.82, 2.24) is 4.90 Å². The zero-order valence-electron chi connectivity index (χ0n) is 11.9. The number of nitrogens with zero attached hydrogens (tertiary/aromatic N) is 1. The zero-order valence-corrected chi connectivity index (χ0v) is 11.9. The number of amides is 1. The van der Waals surface area contributed by atoms with Gasteiger partial charge in [0.25, 0.3) is 5.92 Å². The summed E-state index contributed by atoms with van der Waals surface area (Å²) in [7, 11) is 1.03. The van der Waals surface area contributed by atoms with Crippen LogP contribution in [0.2, 0.25) is 0 Å². The summed E-state index contributed by atoms with van der Waals surface area (Å²) < 4.78 is 36.7. The van der Waals surface area contributed by atoms with Crippen LogP contribution in [0.15, 0.2) is 0 Å². The van der Waals surface area contributed by atoms with Gasteiger partial charge in [0, 0.05) is 6.54 Å². The lowest BCUT2D eigenvalue weighted by atomic mass is 9.92. The van der Waals surface area contributed by atoms with Crippen LogP contribution in [0.5, 0.6) is 0 Å². The summed E-state index contributed by atoms with van der Waals surface area (Å²) in [6, 6.07) is 0. The Labute approximate surface area is 115 Å². The van der Waals surface area contributed by atoms with Gasteiger partial charge in [-0.25, -0.2) is 13.6 Å². The smallest absolute Gasteiger partial charge is 0.410 e. The Hall–Kier alpha value is -1.44. The van der Waals surface area contributed by atoms with Gasteiger partial charge in [0.2, 0.25) is 0 Å². The second kappa shape index (κ2) is 5.51. The highest BCUT2D eigenvalue weighted by molar-refractivity contribution is 5.76. The number of carbonyl (C=O) groups is 2. The first-order valence-electron chi connectivity index (χ1n) is 6.09. The monoisotopic (exact) mass is 295 g/mol. The van der Waals surface area contributed by atoms with Crippen molar-refractivity contribution in [3.05, 3.63) is 0 Å². The number of likely N-dealkylation sites (tertiary alicyclic amines) is 1. The SMILES string of the molecule is COC(=O)[C@@H]1CN(C(=O)OC(C)(C)C)CC(F)(F)[C@@H]1O. The molecule has 0 unspecified atom stereocenters. The lowest BCUT2D eigenvalue weighted by Gasteiger charge is -2.40. The number of aliphatic hydroxyl groups is 1. The molecule has 8 heteroatoms. The van der Waals surface area contributed by atoms with E-state index < -0.39 is 42.2 Å². The lowest BCUT2D eigenvalue weighted by Crippen LogP contribution is -2.60. The van der Waals surface area contributed by atoms with Crippen molar-refractivity contribution >= 4 is 12.1 Å². The molecule has 0 saturated carbocycles. The molecule has 6 nitrogen and oxygen atoms in total. The van der Waals surface area contributed by atoms with Gasteiger partial charge in [-0.15, -0.1) is 0 Å². The summed E-state index contributed by atoms with van der Waals surface area (Å²) in [6.07, 6.45) is -3.15. The molecule has 1 aliphatic rings. The Morgan fingerprint density at radius 2 is 1.90 bits per heavy atom. The van der Waals surface area contributed by atoms with Crippen molar-refractivity contribution in [2.45, 2.75) is 38.4 Å². The first-order chi connectivity index (χ1) is 8.98. The fourth-order valence-electron chi connectivity index (χ4n) is 1.86. The van der Waals surface area contributed by atoms with Crippen molar-refractivity contribution in [3.8, 4) is 0 Å². The van der Waals surface area contributed by atoms with E-state index in [0.717, 1.165) is 7.11 Å². The van der Waals surface area contributed by atoms with Gasteiger partial charge in [0.1, 0.15) is 17.6 Å². The summed E-state index contributed by atoms with van der Waals surface area (Å²) in [5.74, 6) is -6.10. The van der Waals surface area contributed by atoms with E-state index in [-0.39, 0.29) is 6.54 Å². The molecule has 1 N–H and O–H groups in total. The van der Waals surface area contributed by atoms with Gasteiger partial charge < -0.3 is 19.5 Å². The Kier molecular flexibility index (Phi) is 4.58. The van der Waals surface area contributed by atoms with E-state index in [0.29, 0.717) is 4.90 Å². The second-order valence-electron chi connectivity index (χ2n) is 5.70. The highest BCUT2D eigenvalue weighted by atomic mass is 19.3. The third kappa shape index (κ3) is 3.78. The third-order valence-corrected chi connectivity index (χ3v) is 2.79. The standard InChI is InChI=1S/C12H19F2NO5/c1-11(2,3)20-10(18)15-5-7(9(17)19-4)8(16)12(13,14)6-15/h7-8,16H,5-6H2,1-4H3/t7-,8-/m1/s1. The zero-order chi connectivity index (χ0) is 15.7. The molecule has 0 radical (unpaired) electrons. The minimum Gasteiger partial charge on any atom is -0.469 e. The van der Waals surface area contributed by atoms with Crippen LogP contribution in [0.3, 0.4) is 0 Å². The van der Waals surface area contributed by atoms with Crippen molar-refractivity contribution < 1.29 is 33.0 Å². The number of aliphatic hydroxyl groups excluding tert-OH is 1. The molecular weight excluding hydrogens is 276 g/mol. The first-order valence-corrected chi connectivity index (χ1v) is 6.09. The second-order valence-corrected chi connectivity index (χ2v) is 5.70. The van der Waals surface area contributed by atoms with Gasteiger partial charge >= 0.3 is 12.1 Å². The largest absolute Gasteiger partial charge is 0.469 e.